The zero-order chi connectivity index (χ0) is 13.7. The van der Waals surface area contributed by atoms with Gasteiger partial charge in [-0.05, 0) is 56.5 Å². The third-order valence-electron chi connectivity index (χ3n) is 3.66. The summed E-state index contributed by atoms with van der Waals surface area (Å²) in [7, 11) is 0. The molecule has 1 aromatic carbocycles. The van der Waals surface area contributed by atoms with Gasteiger partial charge in [0.25, 0.3) is 0 Å². The normalized spacial score (nSPS) is 17.1. The topological polar surface area (TPSA) is 41.1 Å². The number of amides is 1. The maximum absolute atomic E-state index is 12.0. The lowest BCUT2D eigenvalue weighted by Gasteiger charge is -2.23. The van der Waals surface area contributed by atoms with Crippen LogP contribution in [0, 0.1) is 5.92 Å². The molecule has 1 aromatic rings. The van der Waals surface area contributed by atoms with E-state index in [4.69, 9.17) is 11.6 Å². The summed E-state index contributed by atoms with van der Waals surface area (Å²) in [6, 6.07) is 7.65. The second-order valence-electron chi connectivity index (χ2n) is 5.24. The lowest BCUT2D eigenvalue weighted by molar-refractivity contribution is -0.122. The smallest absolute Gasteiger partial charge is 0.220 e. The van der Waals surface area contributed by atoms with E-state index in [1.807, 2.05) is 31.2 Å². The van der Waals surface area contributed by atoms with Gasteiger partial charge in [0, 0.05) is 11.4 Å². The number of hydrogen-bond donors (Lipinski definition) is 2. The largest absolute Gasteiger partial charge is 0.350 e. The molecule has 0 spiro atoms. The van der Waals surface area contributed by atoms with Crippen molar-refractivity contribution in [3.63, 3.8) is 0 Å². The molecule has 112 valence electrons. The Morgan fingerprint density at radius 3 is 2.80 bits per heavy atom. The summed E-state index contributed by atoms with van der Waals surface area (Å²) in [5.41, 5.74) is 1.05. The van der Waals surface area contributed by atoms with Crippen molar-refractivity contribution >= 4 is 29.9 Å². The molecule has 1 saturated heterocycles. The molecule has 5 heteroatoms. The molecule has 0 bridgehead atoms. The lowest BCUT2D eigenvalue weighted by atomic mass is 9.94. The van der Waals surface area contributed by atoms with E-state index in [0.29, 0.717) is 17.4 Å². The highest BCUT2D eigenvalue weighted by atomic mass is 35.5. The van der Waals surface area contributed by atoms with Gasteiger partial charge in [-0.25, -0.2) is 0 Å². The van der Waals surface area contributed by atoms with Crippen molar-refractivity contribution in [3.05, 3.63) is 34.9 Å². The Morgan fingerprint density at radius 1 is 1.45 bits per heavy atom. The van der Waals surface area contributed by atoms with Crippen LogP contribution in [0.5, 0.6) is 0 Å². The van der Waals surface area contributed by atoms with Gasteiger partial charge in [-0.1, -0.05) is 23.7 Å². The molecule has 3 nitrogen and oxygen atoms in total. The number of carbonyl (C=O) groups excluding carboxylic acids is 1. The van der Waals surface area contributed by atoms with Crippen LogP contribution >= 0.6 is 24.0 Å². The lowest BCUT2D eigenvalue weighted by Crippen LogP contribution is -2.33. The first-order valence-corrected chi connectivity index (χ1v) is 7.28. The van der Waals surface area contributed by atoms with E-state index in [9.17, 15) is 4.79 Å². The van der Waals surface area contributed by atoms with Crippen molar-refractivity contribution in [2.45, 2.75) is 32.2 Å². The van der Waals surface area contributed by atoms with Gasteiger partial charge >= 0.3 is 0 Å². The standard InChI is InChI=1S/C15H21ClN2O.ClH/c1-11(13-3-2-4-14(16)10-13)18-15(19)9-12-5-7-17-8-6-12;/h2-4,10-12,17H,5-9H2,1H3,(H,18,19);1H/t11-;/m1./s1. The summed E-state index contributed by atoms with van der Waals surface area (Å²) in [6.07, 6.45) is 2.82. The minimum absolute atomic E-state index is 0. The number of hydrogen-bond acceptors (Lipinski definition) is 2. The van der Waals surface area contributed by atoms with Gasteiger partial charge in [0.05, 0.1) is 6.04 Å². The molecule has 0 unspecified atom stereocenters. The average molecular weight is 317 g/mol. The molecule has 2 N–H and O–H groups in total. The summed E-state index contributed by atoms with van der Waals surface area (Å²) < 4.78 is 0. The SMILES string of the molecule is C[C@@H](NC(=O)CC1CCNCC1)c1cccc(Cl)c1.Cl. The monoisotopic (exact) mass is 316 g/mol. The highest BCUT2D eigenvalue weighted by Gasteiger charge is 2.18. The van der Waals surface area contributed by atoms with E-state index in [2.05, 4.69) is 10.6 Å². The third-order valence-corrected chi connectivity index (χ3v) is 3.89. The van der Waals surface area contributed by atoms with E-state index in [-0.39, 0.29) is 24.4 Å². The molecule has 2 rings (SSSR count). The first-order chi connectivity index (χ1) is 9.15. The van der Waals surface area contributed by atoms with E-state index >= 15 is 0 Å². The molecule has 0 saturated carbocycles. The molecular formula is C15H22Cl2N2O. The molecule has 1 atom stereocenters. The molecule has 1 heterocycles. The van der Waals surface area contributed by atoms with Crippen molar-refractivity contribution in [3.8, 4) is 0 Å². The summed E-state index contributed by atoms with van der Waals surface area (Å²) in [5.74, 6) is 0.659. The van der Waals surface area contributed by atoms with E-state index in [1.54, 1.807) is 0 Å². The van der Waals surface area contributed by atoms with Gasteiger partial charge in [0.2, 0.25) is 5.91 Å². The molecule has 1 amide bonds. The van der Waals surface area contributed by atoms with E-state index in [1.165, 1.54) is 0 Å². The van der Waals surface area contributed by atoms with E-state index in [0.717, 1.165) is 31.5 Å². The quantitative estimate of drug-likeness (QED) is 0.894. The summed E-state index contributed by atoms with van der Waals surface area (Å²) >= 11 is 5.96. The molecule has 1 fully saturated rings. The maximum Gasteiger partial charge on any atom is 0.220 e. The Morgan fingerprint density at radius 2 is 2.15 bits per heavy atom. The van der Waals surface area contributed by atoms with Crippen molar-refractivity contribution in [1.82, 2.24) is 10.6 Å². The molecule has 1 aliphatic rings. The van der Waals surface area contributed by atoms with Crippen LogP contribution in [0.15, 0.2) is 24.3 Å². The van der Waals surface area contributed by atoms with Crippen LogP contribution in [0.25, 0.3) is 0 Å². The van der Waals surface area contributed by atoms with Crippen molar-refractivity contribution in [2.24, 2.45) is 5.92 Å². The molecular weight excluding hydrogens is 295 g/mol. The Balaban J connectivity index is 0.00000200. The Bertz CT molecular complexity index is 434. The van der Waals surface area contributed by atoms with Crippen LogP contribution < -0.4 is 10.6 Å². The molecule has 0 aliphatic carbocycles. The van der Waals surface area contributed by atoms with Gasteiger partial charge in [0.1, 0.15) is 0 Å². The number of piperidine rings is 1. The highest BCUT2D eigenvalue weighted by Crippen LogP contribution is 2.19. The van der Waals surface area contributed by atoms with Crippen molar-refractivity contribution < 1.29 is 4.79 Å². The van der Waals surface area contributed by atoms with Crippen molar-refractivity contribution in [1.29, 1.82) is 0 Å². The van der Waals surface area contributed by atoms with Crippen LogP contribution in [0.2, 0.25) is 5.02 Å². The van der Waals surface area contributed by atoms with Crippen LogP contribution in [0.4, 0.5) is 0 Å². The molecule has 0 aromatic heterocycles. The fraction of sp³-hybridized carbons (Fsp3) is 0.533. The fourth-order valence-corrected chi connectivity index (χ4v) is 2.71. The summed E-state index contributed by atoms with van der Waals surface area (Å²) in [5, 5.41) is 7.07. The van der Waals surface area contributed by atoms with Crippen molar-refractivity contribution in [2.75, 3.05) is 13.1 Å². The minimum atomic E-state index is 0. The maximum atomic E-state index is 12.0. The van der Waals surface area contributed by atoms with Crippen LogP contribution in [0.1, 0.15) is 37.8 Å². The Labute approximate surface area is 131 Å². The number of nitrogens with one attached hydrogen (secondary N) is 2. The first kappa shape index (κ1) is 17.3. The molecule has 1 aliphatic heterocycles. The Hall–Kier alpha value is -0.770. The zero-order valence-electron chi connectivity index (χ0n) is 11.7. The van der Waals surface area contributed by atoms with Crippen LogP contribution in [-0.2, 0) is 4.79 Å². The predicted molar refractivity (Wildman–Crippen MR) is 85.5 cm³/mol. The second-order valence-corrected chi connectivity index (χ2v) is 5.68. The predicted octanol–water partition coefficient (Wildman–Crippen LogP) is 3.33. The van der Waals surface area contributed by atoms with Gasteiger partial charge < -0.3 is 10.6 Å². The van der Waals surface area contributed by atoms with E-state index < -0.39 is 0 Å². The average Bonchev–Trinajstić information content (AvgIpc) is 2.39. The molecule has 0 radical (unpaired) electrons. The third kappa shape index (κ3) is 5.31. The highest BCUT2D eigenvalue weighted by molar-refractivity contribution is 6.30. The number of rotatable bonds is 4. The fourth-order valence-electron chi connectivity index (χ4n) is 2.51. The number of halogens is 2. The summed E-state index contributed by atoms with van der Waals surface area (Å²) in [4.78, 5) is 12.0. The van der Waals surface area contributed by atoms with Gasteiger partial charge in [-0.2, -0.15) is 0 Å². The molecule has 20 heavy (non-hydrogen) atoms. The van der Waals surface area contributed by atoms with Gasteiger partial charge in [-0.3, -0.25) is 4.79 Å². The first-order valence-electron chi connectivity index (χ1n) is 6.90. The van der Waals surface area contributed by atoms with Crippen LogP contribution in [0.3, 0.4) is 0 Å². The van der Waals surface area contributed by atoms with Gasteiger partial charge in [-0.15, -0.1) is 12.4 Å². The minimum Gasteiger partial charge on any atom is -0.350 e. The Kier molecular flexibility index (Phi) is 7.35. The van der Waals surface area contributed by atoms with Gasteiger partial charge in [0.15, 0.2) is 0 Å². The number of benzene rings is 1. The second kappa shape index (κ2) is 8.50. The summed E-state index contributed by atoms with van der Waals surface area (Å²) in [6.45, 7) is 4.05. The number of carbonyl (C=O) groups is 1. The zero-order valence-corrected chi connectivity index (χ0v) is 13.3. The van der Waals surface area contributed by atoms with Crippen LogP contribution in [-0.4, -0.2) is 19.0 Å².